The predicted molar refractivity (Wildman–Crippen MR) is 86.3 cm³/mol. The number of ether oxygens (including phenoxy) is 1. The summed E-state index contributed by atoms with van der Waals surface area (Å²) < 4.78 is 31.8. The smallest absolute Gasteiger partial charge is 0.289 e. The molecule has 0 aromatic heterocycles. The van der Waals surface area contributed by atoms with Gasteiger partial charge in [-0.05, 0) is 37.3 Å². The molecule has 0 unspecified atom stereocenters. The number of nitro benzene ring substituents is 1. The maximum Gasteiger partial charge on any atom is 0.289 e. The molecule has 0 atom stereocenters. The quantitative estimate of drug-likeness (QED) is 0.597. The van der Waals surface area contributed by atoms with Gasteiger partial charge in [0.15, 0.2) is 4.90 Å². The number of hydrogen-bond acceptors (Lipinski definition) is 5. The summed E-state index contributed by atoms with van der Waals surface area (Å²) in [4.78, 5) is 10.1. The van der Waals surface area contributed by atoms with E-state index in [-0.39, 0.29) is 11.4 Å². The first-order valence-electron chi connectivity index (χ1n) is 6.82. The number of para-hydroxylation sites is 1. The second kappa shape index (κ2) is 6.66. The van der Waals surface area contributed by atoms with Gasteiger partial charge in [0.25, 0.3) is 15.7 Å². The number of anilines is 1. The summed E-state index contributed by atoms with van der Waals surface area (Å²) in [5, 5.41) is 11.1. The average molecular weight is 336 g/mol. The van der Waals surface area contributed by atoms with Crippen LogP contribution < -0.4 is 9.04 Å². The van der Waals surface area contributed by atoms with Crippen molar-refractivity contribution in [1.29, 1.82) is 0 Å². The van der Waals surface area contributed by atoms with Gasteiger partial charge < -0.3 is 4.74 Å². The predicted octanol–water partition coefficient (Wildman–Crippen LogP) is 2.82. The highest BCUT2D eigenvalue weighted by Crippen LogP contribution is 2.30. The molecule has 0 aliphatic heterocycles. The molecule has 122 valence electrons. The molecule has 0 aliphatic rings. The average Bonchev–Trinajstić information content (AvgIpc) is 2.56. The van der Waals surface area contributed by atoms with Crippen LogP contribution in [-0.2, 0) is 10.0 Å². The fraction of sp³-hybridized carbons (Fsp3) is 0.200. The van der Waals surface area contributed by atoms with Crippen LogP contribution in [0.25, 0.3) is 0 Å². The Labute approximate surface area is 134 Å². The molecule has 0 radical (unpaired) electrons. The van der Waals surface area contributed by atoms with Crippen LogP contribution in [0.2, 0.25) is 0 Å². The van der Waals surface area contributed by atoms with Crippen LogP contribution in [0.5, 0.6) is 5.75 Å². The maximum absolute atomic E-state index is 12.8. The van der Waals surface area contributed by atoms with Crippen molar-refractivity contribution in [3.8, 4) is 5.75 Å². The van der Waals surface area contributed by atoms with E-state index in [4.69, 9.17) is 4.74 Å². The number of hydrogen-bond donors (Lipinski definition) is 0. The molecule has 0 N–H and O–H groups in total. The molecule has 23 heavy (non-hydrogen) atoms. The topological polar surface area (TPSA) is 89.8 Å². The number of nitrogens with zero attached hydrogens (tertiary/aromatic N) is 2. The van der Waals surface area contributed by atoms with Gasteiger partial charge in [0.1, 0.15) is 5.75 Å². The number of rotatable bonds is 6. The van der Waals surface area contributed by atoms with Crippen LogP contribution in [0.15, 0.2) is 53.4 Å². The Hall–Kier alpha value is -2.61. The van der Waals surface area contributed by atoms with Gasteiger partial charge in [-0.3, -0.25) is 14.4 Å². The molecule has 0 aliphatic carbocycles. The van der Waals surface area contributed by atoms with Crippen molar-refractivity contribution in [3.05, 3.63) is 58.6 Å². The molecule has 2 rings (SSSR count). The zero-order valence-corrected chi connectivity index (χ0v) is 13.5. The molecule has 0 amide bonds. The Morgan fingerprint density at radius 1 is 1.13 bits per heavy atom. The third kappa shape index (κ3) is 3.26. The number of sulfonamides is 1. The van der Waals surface area contributed by atoms with Crippen LogP contribution in [0, 0.1) is 10.1 Å². The number of nitro groups is 1. The second-order valence-electron chi connectivity index (χ2n) is 4.59. The van der Waals surface area contributed by atoms with E-state index in [1.165, 1.54) is 31.4 Å². The standard InChI is InChI=1S/C15H16N2O5S/c1-3-16(12-8-10-13(22-2)11-9-12)23(20,21)15-7-5-4-6-14(15)17(18)19/h4-11H,3H2,1-2H3. The molecule has 0 saturated carbocycles. The Morgan fingerprint density at radius 2 is 1.74 bits per heavy atom. The summed E-state index contributed by atoms with van der Waals surface area (Å²) in [5.74, 6) is 0.591. The molecule has 2 aromatic carbocycles. The Bertz CT molecular complexity index is 803. The van der Waals surface area contributed by atoms with Gasteiger partial charge in [-0.1, -0.05) is 12.1 Å². The molecule has 0 bridgehead atoms. The lowest BCUT2D eigenvalue weighted by atomic mass is 10.3. The molecule has 2 aromatic rings. The van der Waals surface area contributed by atoms with Crippen LogP contribution in [0.1, 0.15) is 6.92 Å². The summed E-state index contributed by atoms with van der Waals surface area (Å²) in [5.41, 5.74) is -0.0362. The largest absolute Gasteiger partial charge is 0.497 e. The highest BCUT2D eigenvalue weighted by molar-refractivity contribution is 7.93. The molecular formula is C15H16N2O5S. The minimum Gasteiger partial charge on any atom is -0.497 e. The van der Waals surface area contributed by atoms with Gasteiger partial charge in [-0.25, -0.2) is 8.42 Å². The van der Waals surface area contributed by atoms with Gasteiger partial charge in [0.05, 0.1) is 17.7 Å². The summed E-state index contributed by atoms with van der Waals surface area (Å²) in [6.45, 7) is 1.80. The second-order valence-corrected chi connectivity index (χ2v) is 6.42. The van der Waals surface area contributed by atoms with E-state index >= 15 is 0 Å². The molecule has 8 heteroatoms. The van der Waals surface area contributed by atoms with E-state index in [1.54, 1.807) is 31.2 Å². The Balaban J connectivity index is 2.53. The number of methoxy groups -OCH3 is 1. The van der Waals surface area contributed by atoms with Crippen molar-refractivity contribution in [2.24, 2.45) is 0 Å². The molecule has 7 nitrogen and oxygen atoms in total. The van der Waals surface area contributed by atoms with Crippen LogP contribution in [0.4, 0.5) is 11.4 Å². The molecule has 0 saturated heterocycles. The van der Waals surface area contributed by atoms with Crippen molar-refractivity contribution >= 4 is 21.4 Å². The molecule has 0 fully saturated rings. The number of benzene rings is 2. The van der Waals surface area contributed by atoms with Crippen molar-refractivity contribution in [2.45, 2.75) is 11.8 Å². The van der Waals surface area contributed by atoms with E-state index in [1.807, 2.05) is 0 Å². The van der Waals surface area contributed by atoms with Crippen LogP contribution in [0.3, 0.4) is 0 Å². The summed E-state index contributed by atoms with van der Waals surface area (Å²) in [6.07, 6.45) is 0. The zero-order chi connectivity index (χ0) is 17.0. The lowest BCUT2D eigenvalue weighted by molar-refractivity contribution is -0.387. The van der Waals surface area contributed by atoms with Gasteiger partial charge in [-0.15, -0.1) is 0 Å². The van der Waals surface area contributed by atoms with E-state index in [0.717, 1.165) is 4.31 Å². The lowest BCUT2D eigenvalue weighted by Gasteiger charge is -2.22. The summed E-state index contributed by atoms with van der Waals surface area (Å²) >= 11 is 0. The van der Waals surface area contributed by atoms with E-state index < -0.39 is 20.6 Å². The van der Waals surface area contributed by atoms with Crippen molar-refractivity contribution in [2.75, 3.05) is 18.0 Å². The van der Waals surface area contributed by atoms with Crippen molar-refractivity contribution in [3.63, 3.8) is 0 Å². The SMILES string of the molecule is CCN(c1ccc(OC)cc1)S(=O)(=O)c1ccccc1[N+](=O)[O-]. The van der Waals surface area contributed by atoms with Gasteiger partial charge >= 0.3 is 0 Å². The summed E-state index contributed by atoms with van der Waals surface area (Å²) in [7, 11) is -2.54. The first-order chi connectivity index (χ1) is 10.9. The first kappa shape index (κ1) is 16.8. The van der Waals surface area contributed by atoms with E-state index in [0.29, 0.717) is 11.4 Å². The fourth-order valence-electron chi connectivity index (χ4n) is 2.18. The minimum absolute atomic E-state index is 0.140. The summed E-state index contributed by atoms with van der Waals surface area (Å²) in [6, 6.07) is 11.8. The highest BCUT2D eigenvalue weighted by Gasteiger charge is 2.30. The fourth-order valence-corrected chi connectivity index (χ4v) is 3.82. The normalized spacial score (nSPS) is 11.0. The minimum atomic E-state index is -4.05. The van der Waals surface area contributed by atoms with Crippen molar-refractivity contribution in [1.82, 2.24) is 0 Å². The molecular weight excluding hydrogens is 320 g/mol. The Kier molecular flexibility index (Phi) is 4.85. The van der Waals surface area contributed by atoms with E-state index in [2.05, 4.69) is 0 Å². The van der Waals surface area contributed by atoms with Gasteiger partial charge in [0.2, 0.25) is 0 Å². The lowest BCUT2D eigenvalue weighted by Crippen LogP contribution is -2.31. The third-order valence-electron chi connectivity index (χ3n) is 3.28. The van der Waals surface area contributed by atoms with Crippen LogP contribution >= 0.6 is 0 Å². The monoisotopic (exact) mass is 336 g/mol. The first-order valence-corrected chi connectivity index (χ1v) is 8.26. The molecule has 0 spiro atoms. The van der Waals surface area contributed by atoms with Gasteiger partial charge in [-0.2, -0.15) is 0 Å². The maximum atomic E-state index is 12.8. The zero-order valence-electron chi connectivity index (χ0n) is 12.7. The van der Waals surface area contributed by atoms with Gasteiger partial charge in [0, 0.05) is 12.6 Å². The van der Waals surface area contributed by atoms with Crippen LogP contribution in [-0.4, -0.2) is 27.0 Å². The van der Waals surface area contributed by atoms with Crippen molar-refractivity contribution < 1.29 is 18.1 Å². The molecule has 0 heterocycles. The Morgan fingerprint density at radius 3 is 2.26 bits per heavy atom. The van der Waals surface area contributed by atoms with E-state index in [9.17, 15) is 18.5 Å². The highest BCUT2D eigenvalue weighted by atomic mass is 32.2. The third-order valence-corrected chi connectivity index (χ3v) is 5.23.